The Hall–Kier alpha value is -2.73. The second-order valence-electron chi connectivity index (χ2n) is 5.89. The van der Waals surface area contributed by atoms with E-state index in [4.69, 9.17) is 9.47 Å². The third kappa shape index (κ3) is 3.75. The van der Waals surface area contributed by atoms with Crippen LogP contribution in [0.3, 0.4) is 0 Å². The van der Waals surface area contributed by atoms with Crippen LogP contribution in [-0.2, 0) is 0 Å². The van der Waals surface area contributed by atoms with Gasteiger partial charge in [0.15, 0.2) is 22.4 Å². The highest BCUT2D eigenvalue weighted by atomic mass is 32.2. The summed E-state index contributed by atoms with van der Waals surface area (Å²) >= 11 is 1.39. The molecular formula is C20H18N2O3S. The molecule has 2 heterocycles. The Morgan fingerprint density at radius 3 is 2.73 bits per heavy atom. The minimum absolute atomic E-state index is 0.0308. The maximum Gasteiger partial charge on any atom is 0.173 e. The van der Waals surface area contributed by atoms with Gasteiger partial charge in [0.25, 0.3) is 0 Å². The number of carbonyl (C=O) groups excluding carboxylic acids is 1. The molecule has 5 nitrogen and oxygen atoms in total. The lowest BCUT2D eigenvalue weighted by molar-refractivity contribution is 0.102. The summed E-state index contributed by atoms with van der Waals surface area (Å²) in [6, 6.07) is 15.3. The van der Waals surface area contributed by atoms with Crippen molar-refractivity contribution in [2.45, 2.75) is 11.6 Å². The van der Waals surface area contributed by atoms with Crippen LogP contribution >= 0.6 is 11.8 Å². The SMILES string of the molecule is O=C(CSc1ncc(-c2ccccc2)[nH]1)c1ccc2c(c1)OCCCO2. The van der Waals surface area contributed by atoms with E-state index in [0.29, 0.717) is 36.0 Å². The number of ether oxygens (including phenoxy) is 2. The van der Waals surface area contributed by atoms with Crippen molar-refractivity contribution in [2.75, 3.05) is 19.0 Å². The molecule has 0 bridgehead atoms. The Morgan fingerprint density at radius 1 is 1.08 bits per heavy atom. The van der Waals surface area contributed by atoms with Crippen LogP contribution in [0.15, 0.2) is 59.9 Å². The molecule has 0 unspecified atom stereocenters. The number of hydrogen-bond donors (Lipinski definition) is 1. The number of carbonyl (C=O) groups is 1. The van der Waals surface area contributed by atoms with Crippen LogP contribution in [0.25, 0.3) is 11.3 Å². The van der Waals surface area contributed by atoms with E-state index in [1.165, 1.54) is 11.8 Å². The molecule has 0 saturated carbocycles. The summed E-state index contributed by atoms with van der Waals surface area (Å²) < 4.78 is 11.3. The number of imidazole rings is 1. The van der Waals surface area contributed by atoms with E-state index >= 15 is 0 Å². The van der Waals surface area contributed by atoms with Crippen molar-refractivity contribution < 1.29 is 14.3 Å². The molecular weight excluding hydrogens is 348 g/mol. The van der Waals surface area contributed by atoms with Gasteiger partial charge in [-0.3, -0.25) is 4.79 Å². The summed E-state index contributed by atoms with van der Waals surface area (Å²) in [4.78, 5) is 20.1. The van der Waals surface area contributed by atoms with Gasteiger partial charge >= 0.3 is 0 Å². The minimum atomic E-state index is 0.0308. The molecule has 2 aromatic carbocycles. The molecule has 4 rings (SSSR count). The average molecular weight is 366 g/mol. The quantitative estimate of drug-likeness (QED) is 0.541. The molecule has 0 aliphatic carbocycles. The van der Waals surface area contributed by atoms with Gasteiger partial charge in [0, 0.05) is 12.0 Å². The highest BCUT2D eigenvalue weighted by molar-refractivity contribution is 7.99. The van der Waals surface area contributed by atoms with Gasteiger partial charge in [0.05, 0.1) is 30.9 Å². The monoisotopic (exact) mass is 366 g/mol. The molecule has 132 valence electrons. The van der Waals surface area contributed by atoms with Crippen LogP contribution < -0.4 is 9.47 Å². The molecule has 0 amide bonds. The van der Waals surface area contributed by atoms with Gasteiger partial charge in [-0.25, -0.2) is 4.98 Å². The first-order valence-corrected chi connectivity index (χ1v) is 9.44. The summed E-state index contributed by atoms with van der Waals surface area (Å²) in [5.41, 5.74) is 2.63. The number of benzene rings is 2. The van der Waals surface area contributed by atoms with E-state index in [9.17, 15) is 4.79 Å². The van der Waals surface area contributed by atoms with Crippen LogP contribution in [0.2, 0.25) is 0 Å². The van der Waals surface area contributed by atoms with Gasteiger partial charge in [-0.1, -0.05) is 42.1 Å². The highest BCUT2D eigenvalue weighted by Gasteiger charge is 2.15. The minimum Gasteiger partial charge on any atom is -0.490 e. The number of thioether (sulfide) groups is 1. The van der Waals surface area contributed by atoms with Crippen molar-refractivity contribution >= 4 is 17.5 Å². The molecule has 1 aliphatic rings. The first-order valence-electron chi connectivity index (χ1n) is 8.46. The second-order valence-corrected chi connectivity index (χ2v) is 6.86. The van der Waals surface area contributed by atoms with Gasteiger partial charge in [-0.05, 0) is 23.8 Å². The maximum atomic E-state index is 12.5. The maximum absolute atomic E-state index is 12.5. The standard InChI is InChI=1S/C20H18N2O3S/c23-17(15-7-8-18-19(11-15)25-10-4-9-24-18)13-26-20-21-12-16(22-20)14-5-2-1-3-6-14/h1-3,5-8,11-12H,4,9-10,13H2,(H,21,22). The third-order valence-corrected chi connectivity index (χ3v) is 4.93. The summed E-state index contributed by atoms with van der Waals surface area (Å²) in [5, 5.41) is 0.728. The molecule has 1 aromatic heterocycles. The Bertz CT molecular complexity index is 908. The summed E-state index contributed by atoms with van der Waals surface area (Å²) in [5.74, 6) is 1.68. The first-order chi connectivity index (χ1) is 12.8. The average Bonchev–Trinajstić information content (AvgIpc) is 3.04. The zero-order valence-electron chi connectivity index (χ0n) is 14.1. The van der Waals surface area contributed by atoms with E-state index in [-0.39, 0.29) is 5.78 Å². The molecule has 6 heteroatoms. The fraction of sp³-hybridized carbons (Fsp3) is 0.200. The predicted molar refractivity (Wildman–Crippen MR) is 101 cm³/mol. The zero-order chi connectivity index (χ0) is 17.8. The fourth-order valence-corrected chi connectivity index (χ4v) is 3.44. The normalized spacial score (nSPS) is 13.2. The van der Waals surface area contributed by atoms with E-state index in [1.807, 2.05) is 30.3 Å². The van der Waals surface area contributed by atoms with E-state index < -0.39 is 0 Å². The smallest absolute Gasteiger partial charge is 0.173 e. The number of ketones is 1. The van der Waals surface area contributed by atoms with Gasteiger partial charge in [0.1, 0.15) is 0 Å². The lowest BCUT2D eigenvalue weighted by Crippen LogP contribution is -2.03. The van der Waals surface area contributed by atoms with Gasteiger partial charge < -0.3 is 14.5 Å². The van der Waals surface area contributed by atoms with E-state index in [1.54, 1.807) is 24.4 Å². The Kier molecular flexibility index (Phi) is 4.93. The number of rotatable bonds is 5. The summed E-state index contributed by atoms with van der Waals surface area (Å²) in [6.45, 7) is 1.24. The van der Waals surface area contributed by atoms with Crippen molar-refractivity contribution in [3.05, 3.63) is 60.3 Å². The lowest BCUT2D eigenvalue weighted by Gasteiger charge is -2.08. The molecule has 0 fully saturated rings. The van der Waals surface area contributed by atoms with Crippen LogP contribution in [0.1, 0.15) is 16.8 Å². The first kappa shape index (κ1) is 16.7. The van der Waals surface area contributed by atoms with Crippen LogP contribution in [0.4, 0.5) is 0 Å². The number of nitrogens with one attached hydrogen (secondary N) is 1. The molecule has 0 atom stereocenters. The number of aromatic amines is 1. The molecule has 26 heavy (non-hydrogen) atoms. The highest BCUT2D eigenvalue weighted by Crippen LogP contribution is 2.31. The number of H-pyrrole nitrogens is 1. The third-order valence-electron chi connectivity index (χ3n) is 4.05. The van der Waals surface area contributed by atoms with Crippen molar-refractivity contribution in [3.63, 3.8) is 0 Å². The number of aromatic nitrogens is 2. The second kappa shape index (κ2) is 7.66. The predicted octanol–water partition coefficient (Wildman–Crippen LogP) is 4.21. The zero-order valence-corrected chi connectivity index (χ0v) is 14.9. The number of Topliss-reactive ketones (excluding diaryl/α,β-unsaturated/α-hetero) is 1. The summed E-state index contributed by atoms with van der Waals surface area (Å²) in [7, 11) is 0. The van der Waals surface area contributed by atoms with Gasteiger partial charge in [-0.2, -0.15) is 0 Å². The Labute approximate surface area is 155 Å². The molecule has 1 aliphatic heterocycles. The van der Waals surface area contributed by atoms with E-state index in [0.717, 1.165) is 22.8 Å². The van der Waals surface area contributed by atoms with Crippen LogP contribution in [0, 0.1) is 0 Å². The van der Waals surface area contributed by atoms with Crippen LogP contribution in [0.5, 0.6) is 11.5 Å². The summed E-state index contributed by atoms with van der Waals surface area (Å²) in [6.07, 6.45) is 2.63. The molecule has 0 radical (unpaired) electrons. The van der Waals surface area contributed by atoms with Gasteiger partial charge in [0.2, 0.25) is 0 Å². The Morgan fingerprint density at radius 2 is 1.88 bits per heavy atom. The van der Waals surface area contributed by atoms with Crippen LogP contribution in [-0.4, -0.2) is 34.7 Å². The molecule has 1 N–H and O–H groups in total. The number of nitrogens with zero attached hydrogens (tertiary/aromatic N) is 1. The van der Waals surface area contributed by atoms with Crippen molar-refractivity contribution in [1.29, 1.82) is 0 Å². The number of fused-ring (bicyclic) bond motifs is 1. The van der Waals surface area contributed by atoms with Crippen molar-refractivity contribution in [2.24, 2.45) is 0 Å². The van der Waals surface area contributed by atoms with Gasteiger partial charge in [-0.15, -0.1) is 0 Å². The van der Waals surface area contributed by atoms with Crippen molar-refractivity contribution in [3.8, 4) is 22.8 Å². The molecule has 3 aromatic rings. The molecule has 0 saturated heterocycles. The fourth-order valence-electron chi connectivity index (χ4n) is 2.69. The lowest BCUT2D eigenvalue weighted by atomic mass is 10.1. The number of hydrogen-bond acceptors (Lipinski definition) is 5. The van der Waals surface area contributed by atoms with E-state index in [2.05, 4.69) is 9.97 Å². The largest absolute Gasteiger partial charge is 0.490 e. The van der Waals surface area contributed by atoms with Crippen molar-refractivity contribution in [1.82, 2.24) is 9.97 Å². The Balaban J connectivity index is 1.41. The molecule has 0 spiro atoms. The topological polar surface area (TPSA) is 64.2 Å².